The van der Waals surface area contributed by atoms with Crippen LogP contribution < -0.4 is 0 Å². The maximum absolute atomic E-state index is 12.2. The van der Waals surface area contributed by atoms with E-state index < -0.39 is 5.60 Å². The number of hydrogen-bond acceptors (Lipinski definition) is 3. The Labute approximate surface area is 152 Å². The second kappa shape index (κ2) is 6.81. The van der Waals surface area contributed by atoms with Crippen molar-refractivity contribution in [3.63, 3.8) is 0 Å². The molecule has 130 valence electrons. The number of aromatic nitrogens is 2. The molecule has 6 heteroatoms. The third kappa shape index (κ3) is 4.34. The summed E-state index contributed by atoms with van der Waals surface area (Å²) in [5.41, 5.74) is 1.19. The highest BCUT2D eigenvalue weighted by molar-refractivity contribution is 6.30. The standard InChI is InChI=1S/C19H20ClN3O2/c1-19(2,3)25-18(24)22-9-10-23-16(12-21-17(23)13-22)8-7-14-5-4-6-15(20)11-14/h4-6,11-12H,9-10,13H2,1-3H3. The Morgan fingerprint density at radius 1 is 1.28 bits per heavy atom. The van der Waals surface area contributed by atoms with E-state index in [-0.39, 0.29) is 6.09 Å². The lowest BCUT2D eigenvalue weighted by Gasteiger charge is -2.30. The van der Waals surface area contributed by atoms with E-state index in [1.54, 1.807) is 11.1 Å². The van der Waals surface area contributed by atoms with Crippen LogP contribution in [0.5, 0.6) is 0 Å². The summed E-state index contributed by atoms with van der Waals surface area (Å²) in [4.78, 5) is 18.3. The van der Waals surface area contributed by atoms with E-state index in [4.69, 9.17) is 16.3 Å². The Kier molecular flexibility index (Phi) is 4.73. The number of imidazole rings is 1. The number of carbonyl (C=O) groups is 1. The van der Waals surface area contributed by atoms with Crippen molar-refractivity contribution in [1.82, 2.24) is 14.5 Å². The number of nitrogens with zero attached hydrogens (tertiary/aromatic N) is 3. The molecule has 2 heterocycles. The molecular formula is C19H20ClN3O2. The molecule has 1 aromatic carbocycles. The number of halogens is 1. The second-order valence-electron chi connectivity index (χ2n) is 6.87. The monoisotopic (exact) mass is 357 g/mol. The van der Waals surface area contributed by atoms with Gasteiger partial charge in [-0.1, -0.05) is 23.6 Å². The first kappa shape index (κ1) is 17.4. The van der Waals surface area contributed by atoms with Crippen LogP contribution in [0.2, 0.25) is 5.02 Å². The summed E-state index contributed by atoms with van der Waals surface area (Å²) < 4.78 is 7.47. The average Bonchev–Trinajstić information content (AvgIpc) is 2.93. The number of ether oxygens (including phenoxy) is 1. The van der Waals surface area contributed by atoms with Crippen molar-refractivity contribution in [3.8, 4) is 11.8 Å². The summed E-state index contributed by atoms with van der Waals surface area (Å²) in [5, 5.41) is 0.662. The fourth-order valence-corrected chi connectivity index (χ4v) is 2.74. The number of amides is 1. The molecule has 0 unspecified atom stereocenters. The zero-order chi connectivity index (χ0) is 18.0. The number of fused-ring (bicyclic) bond motifs is 1. The minimum absolute atomic E-state index is 0.312. The molecule has 0 spiro atoms. The Hall–Kier alpha value is -2.45. The molecule has 3 rings (SSSR count). The zero-order valence-electron chi connectivity index (χ0n) is 14.5. The van der Waals surface area contributed by atoms with E-state index in [9.17, 15) is 4.79 Å². The lowest BCUT2D eigenvalue weighted by atomic mass is 10.2. The van der Waals surface area contributed by atoms with Gasteiger partial charge in [-0.3, -0.25) is 4.90 Å². The van der Waals surface area contributed by atoms with Crippen molar-refractivity contribution in [1.29, 1.82) is 0 Å². The normalized spacial score (nSPS) is 13.7. The van der Waals surface area contributed by atoms with Crippen LogP contribution in [0.15, 0.2) is 30.5 Å². The zero-order valence-corrected chi connectivity index (χ0v) is 15.3. The van der Waals surface area contributed by atoms with Crippen molar-refractivity contribution in [3.05, 3.63) is 52.6 Å². The van der Waals surface area contributed by atoms with Crippen LogP contribution >= 0.6 is 11.6 Å². The molecule has 1 aliphatic heterocycles. The van der Waals surface area contributed by atoms with Gasteiger partial charge < -0.3 is 9.30 Å². The van der Waals surface area contributed by atoms with Crippen molar-refractivity contribution in [2.75, 3.05) is 6.54 Å². The van der Waals surface area contributed by atoms with Crippen LogP contribution in [0.25, 0.3) is 0 Å². The number of carbonyl (C=O) groups excluding carboxylic acids is 1. The van der Waals surface area contributed by atoms with Gasteiger partial charge in [0.25, 0.3) is 0 Å². The van der Waals surface area contributed by atoms with Crippen LogP contribution in [-0.4, -0.2) is 32.7 Å². The van der Waals surface area contributed by atoms with E-state index in [0.717, 1.165) is 17.1 Å². The summed E-state index contributed by atoms with van der Waals surface area (Å²) in [6, 6.07) is 7.43. The molecule has 0 saturated carbocycles. The molecule has 0 bridgehead atoms. The van der Waals surface area contributed by atoms with E-state index in [1.165, 1.54) is 0 Å². The fourth-order valence-electron chi connectivity index (χ4n) is 2.54. The highest BCUT2D eigenvalue weighted by Gasteiger charge is 2.27. The molecule has 0 atom stereocenters. The molecule has 0 saturated heterocycles. The SMILES string of the molecule is CC(C)(C)OC(=O)N1CCn2c(C#Cc3cccc(Cl)c3)cnc2C1. The van der Waals surface area contributed by atoms with Gasteiger partial charge in [0.05, 0.1) is 12.7 Å². The number of benzene rings is 1. The summed E-state index contributed by atoms with van der Waals surface area (Å²) >= 11 is 5.98. The summed E-state index contributed by atoms with van der Waals surface area (Å²) in [6.07, 6.45) is 1.43. The van der Waals surface area contributed by atoms with E-state index >= 15 is 0 Å². The minimum atomic E-state index is -0.502. The number of hydrogen-bond donors (Lipinski definition) is 0. The van der Waals surface area contributed by atoms with Gasteiger partial charge in [0.2, 0.25) is 0 Å². The number of rotatable bonds is 0. The highest BCUT2D eigenvalue weighted by atomic mass is 35.5. The van der Waals surface area contributed by atoms with Gasteiger partial charge in [-0.2, -0.15) is 0 Å². The van der Waals surface area contributed by atoms with Crippen molar-refractivity contribution >= 4 is 17.7 Å². The van der Waals surface area contributed by atoms with Gasteiger partial charge in [-0.05, 0) is 44.9 Å². The van der Waals surface area contributed by atoms with Gasteiger partial charge in [0.1, 0.15) is 17.1 Å². The predicted octanol–water partition coefficient (Wildman–Crippen LogP) is 3.69. The molecule has 25 heavy (non-hydrogen) atoms. The molecule has 0 aliphatic carbocycles. The van der Waals surface area contributed by atoms with E-state index in [1.807, 2.05) is 49.6 Å². The Morgan fingerprint density at radius 2 is 2.08 bits per heavy atom. The van der Waals surface area contributed by atoms with Crippen LogP contribution in [0.4, 0.5) is 4.79 Å². The van der Waals surface area contributed by atoms with Crippen LogP contribution in [-0.2, 0) is 17.8 Å². The molecule has 5 nitrogen and oxygen atoms in total. The van der Waals surface area contributed by atoms with Crippen LogP contribution in [0, 0.1) is 11.8 Å². The Morgan fingerprint density at radius 3 is 2.80 bits per heavy atom. The lowest BCUT2D eigenvalue weighted by Crippen LogP contribution is -2.41. The predicted molar refractivity (Wildman–Crippen MR) is 96.3 cm³/mol. The third-order valence-corrected chi connectivity index (χ3v) is 3.91. The first-order valence-electron chi connectivity index (χ1n) is 8.12. The Bertz CT molecular complexity index is 856. The smallest absolute Gasteiger partial charge is 0.410 e. The summed E-state index contributed by atoms with van der Waals surface area (Å²) in [5.74, 6) is 7.05. The van der Waals surface area contributed by atoms with Gasteiger partial charge in [-0.25, -0.2) is 9.78 Å². The Balaban J connectivity index is 1.74. The maximum atomic E-state index is 12.2. The van der Waals surface area contributed by atoms with Crippen molar-refractivity contribution < 1.29 is 9.53 Å². The molecule has 0 radical (unpaired) electrons. The fraction of sp³-hybridized carbons (Fsp3) is 0.368. The van der Waals surface area contributed by atoms with Gasteiger partial charge in [0, 0.05) is 23.7 Å². The van der Waals surface area contributed by atoms with E-state index in [0.29, 0.717) is 24.7 Å². The quantitative estimate of drug-likeness (QED) is 0.675. The average molecular weight is 358 g/mol. The highest BCUT2D eigenvalue weighted by Crippen LogP contribution is 2.17. The van der Waals surface area contributed by atoms with Gasteiger partial charge >= 0.3 is 6.09 Å². The summed E-state index contributed by atoms with van der Waals surface area (Å²) in [6.45, 7) is 7.23. The molecule has 1 aliphatic rings. The topological polar surface area (TPSA) is 47.4 Å². The molecule has 1 aromatic heterocycles. The maximum Gasteiger partial charge on any atom is 0.410 e. The minimum Gasteiger partial charge on any atom is -0.444 e. The summed E-state index contributed by atoms with van der Waals surface area (Å²) in [7, 11) is 0. The lowest BCUT2D eigenvalue weighted by molar-refractivity contribution is 0.0195. The van der Waals surface area contributed by atoms with Gasteiger partial charge in [-0.15, -0.1) is 0 Å². The van der Waals surface area contributed by atoms with E-state index in [2.05, 4.69) is 16.8 Å². The first-order chi connectivity index (χ1) is 11.8. The second-order valence-corrected chi connectivity index (χ2v) is 7.31. The van der Waals surface area contributed by atoms with Crippen LogP contribution in [0.3, 0.4) is 0 Å². The molecule has 2 aromatic rings. The molecule has 1 amide bonds. The van der Waals surface area contributed by atoms with Crippen molar-refractivity contribution in [2.45, 2.75) is 39.5 Å². The van der Waals surface area contributed by atoms with Crippen LogP contribution in [0.1, 0.15) is 37.9 Å². The molecule has 0 fully saturated rings. The third-order valence-electron chi connectivity index (χ3n) is 3.68. The van der Waals surface area contributed by atoms with Crippen molar-refractivity contribution in [2.24, 2.45) is 0 Å². The molecular weight excluding hydrogens is 338 g/mol. The van der Waals surface area contributed by atoms with Gasteiger partial charge in [0.15, 0.2) is 0 Å². The molecule has 0 N–H and O–H groups in total. The largest absolute Gasteiger partial charge is 0.444 e. The first-order valence-corrected chi connectivity index (χ1v) is 8.49.